The van der Waals surface area contributed by atoms with Crippen LogP contribution in [0, 0.1) is 0 Å². The molecule has 0 saturated carbocycles. The average molecular weight is 256 g/mol. The van der Waals surface area contributed by atoms with E-state index in [-0.39, 0.29) is 10.6 Å². The molecule has 1 saturated heterocycles. The first-order chi connectivity index (χ1) is 8.05. The van der Waals surface area contributed by atoms with Gasteiger partial charge in [-0.15, -0.1) is 0 Å². The summed E-state index contributed by atoms with van der Waals surface area (Å²) in [5.74, 6) is -0.537. The maximum Gasteiger partial charge on any atom is 0.339 e. The van der Waals surface area contributed by atoms with Gasteiger partial charge in [-0.25, -0.2) is 18.2 Å². The highest BCUT2D eigenvalue weighted by Gasteiger charge is 2.30. The molecule has 0 amide bonds. The highest BCUT2D eigenvalue weighted by atomic mass is 32.2. The summed E-state index contributed by atoms with van der Waals surface area (Å²) in [7, 11) is -2.22. The predicted octanol–water partition coefficient (Wildman–Crippen LogP) is 0.263. The van der Waals surface area contributed by atoms with Crippen molar-refractivity contribution in [2.45, 2.75) is 11.4 Å². The number of aromatic nitrogens is 1. The van der Waals surface area contributed by atoms with Gasteiger partial charge in [0.25, 0.3) is 10.0 Å². The standard InChI is InChI=1S/C10H12N2O4S/c1-16-10(13)8-3-4-9(11-7-8)17(14,15)12-5-2-6-12/h3-4,7H,2,5-6H2,1H3. The normalized spacial score (nSPS) is 16.3. The molecule has 17 heavy (non-hydrogen) atoms. The Labute approximate surface area is 99.3 Å². The predicted molar refractivity (Wildman–Crippen MR) is 59.0 cm³/mol. The molecule has 0 aromatic carbocycles. The minimum absolute atomic E-state index is 0.0372. The van der Waals surface area contributed by atoms with Crippen molar-refractivity contribution in [2.75, 3.05) is 20.2 Å². The van der Waals surface area contributed by atoms with Gasteiger partial charge in [-0.05, 0) is 18.6 Å². The molecule has 2 rings (SSSR count). The molecule has 0 aliphatic carbocycles. The van der Waals surface area contributed by atoms with E-state index in [1.165, 1.54) is 29.7 Å². The Kier molecular flexibility index (Phi) is 3.12. The van der Waals surface area contributed by atoms with Crippen LogP contribution in [-0.2, 0) is 14.8 Å². The zero-order valence-corrected chi connectivity index (χ0v) is 10.1. The number of nitrogens with zero attached hydrogens (tertiary/aromatic N) is 2. The van der Waals surface area contributed by atoms with E-state index in [2.05, 4.69) is 9.72 Å². The molecule has 1 aromatic heterocycles. The summed E-state index contributed by atoms with van der Waals surface area (Å²) >= 11 is 0. The summed E-state index contributed by atoms with van der Waals surface area (Å²) in [5.41, 5.74) is 0.232. The van der Waals surface area contributed by atoms with Crippen LogP contribution in [0.3, 0.4) is 0 Å². The Balaban J connectivity index is 2.26. The van der Waals surface area contributed by atoms with E-state index in [1.54, 1.807) is 0 Å². The fourth-order valence-corrected chi connectivity index (χ4v) is 2.86. The maximum absolute atomic E-state index is 11.9. The highest BCUT2D eigenvalue weighted by Crippen LogP contribution is 2.19. The van der Waals surface area contributed by atoms with Crippen molar-refractivity contribution >= 4 is 16.0 Å². The van der Waals surface area contributed by atoms with E-state index >= 15 is 0 Å². The van der Waals surface area contributed by atoms with Gasteiger partial charge in [-0.1, -0.05) is 0 Å². The Morgan fingerprint density at radius 1 is 1.41 bits per heavy atom. The third kappa shape index (κ3) is 2.16. The number of sulfonamides is 1. The van der Waals surface area contributed by atoms with Crippen LogP contribution in [0.2, 0.25) is 0 Å². The van der Waals surface area contributed by atoms with Crippen LogP contribution in [-0.4, -0.2) is 43.9 Å². The minimum Gasteiger partial charge on any atom is -0.465 e. The molecule has 92 valence electrons. The summed E-state index contributed by atoms with van der Waals surface area (Å²) in [6.07, 6.45) is 2.08. The maximum atomic E-state index is 11.9. The Morgan fingerprint density at radius 2 is 2.12 bits per heavy atom. The van der Waals surface area contributed by atoms with Crippen LogP contribution in [0.5, 0.6) is 0 Å². The molecule has 0 spiro atoms. The van der Waals surface area contributed by atoms with Crippen molar-refractivity contribution < 1.29 is 17.9 Å². The molecule has 2 heterocycles. The first-order valence-corrected chi connectivity index (χ1v) is 6.54. The van der Waals surface area contributed by atoms with E-state index in [0.29, 0.717) is 13.1 Å². The lowest BCUT2D eigenvalue weighted by Crippen LogP contribution is -2.42. The molecular formula is C10H12N2O4S. The summed E-state index contributed by atoms with van der Waals surface area (Å²) in [6, 6.07) is 2.71. The van der Waals surface area contributed by atoms with Crippen molar-refractivity contribution in [2.24, 2.45) is 0 Å². The van der Waals surface area contributed by atoms with Crippen LogP contribution >= 0.6 is 0 Å². The molecular weight excluding hydrogens is 244 g/mol. The number of methoxy groups -OCH3 is 1. The van der Waals surface area contributed by atoms with Crippen LogP contribution in [0.15, 0.2) is 23.4 Å². The lowest BCUT2D eigenvalue weighted by Gasteiger charge is -2.29. The van der Waals surface area contributed by atoms with E-state index in [0.717, 1.165) is 6.42 Å². The lowest BCUT2D eigenvalue weighted by molar-refractivity contribution is 0.0600. The van der Waals surface area contributed by atoms with E-state index < -0.39 is 16.0 Å². The van der Waals surface area contributed by atoms with Crippen LogP contribution in [0.25, 0.3) is 0 Å². The third-order valence-corrected chi connectivity index (χ3v) is 4.39. The van der Waals surface area contributed by atoms with E-state index in [4.69, 9.17) is 0 Å². The van der Waals surface area contributed by atoms with Crippen LogP contribution in [0.4, 0.5) is 0 Å². The molecule has 0 N–H and O–H groups in total. The van der Waals surface area contributed by atoms with Crippen LogP contribution in [0.1, 0.15) is 16.8 Å². The number of ether oxygens (including phenoxy) is 1. The van der Waals surface area contributed by atoms with Gasteiger partial charge in [0.05, 0.1) is 12.7 Å². The SMILES string of the molecule is COC(=O)c1ccc(S(=O)(=O)N2CCC2)nc1. The number of pyridine rings is 1. The number of carbonyl (C=O) groups is 1. The van der Waals surface area contributed by atoms with Crippen molar-refractivity contribution in [3.05, 3.63) is 23.9 Å². The zero-order chi connectivity index (χ0) is 12.5. The van der Waals surface area contributed by atoms with Crippen molar-refractivity contribution in [3.63, 3.8) is 0 Å². The van der Waals surface area contributed by atoms with Gasteiger partial charge in [0, 0.05) is 19.3 Å². The molecule has 6 nitrogen and oxygen atoms in total. The fraction of sp³-hybridized carbons (Fsp3) is 0.400. The molecule has 0 atom stereocenters. The van der Waals surface area contributed by atoms with E-state index in [1.807, 2.05) is 0 Å². The molecule has 1 aliphatic heterocycles. The zero-order valence-electron chi connectivity index (χ0n) is 9.29. The second kappa shape index (κ2) is 4.42. The van der Waals surface area contributed by atoms with E-state index in [9.17, 15) is 13.2 Å². The summed E-state index contributed by atoms with van der Waals surface area (Å²) in [5, 5.41) is -0.0372. The quantitative estimate of drug-likeness (QED) is 0.725. The van der Waals surface area contributed by atoms with Crippen molar-refractivity contribution in [1.29, 1.82) is 0 Å². The highest BCUT2D eigenvalue weighted by molar-refractivity contribution is 7.89. The van der Waals surface area contributed by atoms with Crippen molar-refractivity contribution in [3.8, 4) is 0 Å². The second-order valence-electron chi connectivity index (χ2n) is 3.63. The largest absolute Gasteiger partial charge is 0.465 e. The minimum atomic E-state index is -3.48. The summed E-state index contributed by atoms with van der Waals surface area (Å²) in [4.78, 5) is 14.9. The van der Waals surface area contributed by atoms with Crippen molar-refractivity contribution in [1.82, 2.24) is 9.29 Å². The first-order valence-electron chi connectivity index (χ1n) is 5.10. The Bertz CT molecular complexity index is 520. The van der Waals surface area contributed by atoms with Gasteiger partial charge < -0.3 is 4.74 Å². The molecule has 0 bridgehead atoms. The lowest BCUT2D eigenvalue weighted by atomic mass is 10.3. The number of carbonyl (C=O) groups excluding carboxylic acids is 1. The van der Waals surface area contributed by atoms with Gasteiger partial charge in [0.15, 0.2) is 5.03 Å². The van der Waals surface area contributed by atoms with Gasteiger partial charge in [0.2, 0.25) is 0 Å². The smallest absolute Gasteiger partial charge is 0.339 e. The number of hydrogen-bond acceptors (Lipinski definition) is 5. The second-order valence-corrected chi connectivity index (χ2v) is 5.52. The van der Waals surface area contributed by atoms with Gasteiger partial charge in [-0.2, -0.15) is 4.31 Å². The topological polar surface area (TPSA) is 76.6 Å². The average Bonchev–Trinajstić information content (AvgIpc) is 2.25. The summed E-state index contributed by atoms with van der Waals surface area (Å²) < 4.78 is 29.7. The van der Waals surface area contributed by atoms with Gasteiger partial charge >= 0.3 is 5.97 Å². The van der Waals surface area contributed by atoms with Gasteiger partial charge in [0.1, 0.15) is 0 Å². The monoisotopic (exact) mass is 256 g/mol. The Hall–Kier alpha value is -1.47. The molecule has 1 aliphatic rings. The molecule has 0 radical (unpaired) electrons. The summed E-state index contributed by atoms with van der Waals surface area (Å²) in [6.45, 7) is 1.06. The molecule has 0 unspecified atom stereocenters. The molecule has 7 heteroatoms. The van der Waals surface area contributed by atoms with Crippen LogP contribution < -0.4 is 0 Å². The molecule has 1 fully saturated rings. The first kappa shape index (κ1) is 12.0. The Morgan fingerprint density at radius 3 is 2.53 bits per heavy atom. The third-order valence-electron chi connectivity index (χ3n) is 2.58. The fourth-order valence-electron chi connectivity index (χ4n) is 1.43. The van der Waals surface area contributed by atoms with Gasteiger partial charge in [-0.3, -0.25) is 0 Å². The molecule has 1 aromatic rings. The number of hydrogen-bond donors (Lipinski definition) is 0. The number of rotatable bonds is 3. The number of esters is 1.